The Labute approximate surface area is 122 Å². The van der Waals surface area contributed by atoms with Crippen molar-refractivity contribution in [3.8, 4) is 0 Å². The molecule has 0 spiro atoms. The number of nitrogens with zero attached hydrogens (tertiary/aromatic N) is 4. The van der Waals surface area contributed by atoms with Gasteiger partial charge in [-0.05, 0) is 20.8 Å². The van der Waals surface area contributed by atoms with Gasteiger partial charge in [-0.2, -0.15) is 5.10 Å². The Kier molecular flexibility index (Phi) is 4.12. The fourth-order valence-electron chi connectivity index (χ4n) is 2.28. The summed E-state index contributed by atoms with van der Waals surface area (Å²) in [4.78, 5) is 29.4. The standard InChI is InChI=1S/C12H20N6O3/c1-12(2,3)21-11(20)17-5-8(18-7-14-6-15-18)4-9(17)10(19)16-13/h6-9H,4-5,13H2,1-3H3,(H,16,19). The summed E-state index contributed by atoms with van der Waals surface area (Å²) in [6.07, 6.45) is 2.83. The summed E-state index contributed by atoms with van der Waals surface area (Å²) in [6.45, 7) is 5.63. The van der Waals surface area contributed by atoms with Gasteiger partial charge in [-0.3, -0.25) is 15.1 Å². The number of hydrazine groups is 1. The topological polar surface area (TPSA) is 115 Å². The molecule has 2 unspecified atom stereocenters. The highest BCUT2D eigenvalue weighted by molar-refractivity contribution is 5.86. The number of carbonyl (C=O) groups excluding carboxylic acids is 2. The van der Waals surface area contributed by atoms with E-state index in [-0.39, 0.29) is 6.04 Å². The molecule has 116 valence electrons. The molecule has 1 saturated heterocycles. The third-order valence-corrected chi connectivity index (χ3v) is 3.16. The highest BCUT2D eigenvalue weighted by atomic mass is 16.6. The Bertz CT molecular complexity index is 510. The van der Waals surface area contributed by atoms with Crippen LogP contribution in [0.25, 0.3) is 0 Å². The van der Waals surface area contributed by atoms with Crippen LogP contribution < -0.4 is 11.3 Å². The molecular weight excluding hydrogens is 276 g/mol. The molecule has 0 aromatic carbocycles. The molecule has 9 heteroatoms. The third-order valence-electron chi connectivity index (χ3n) is 3.16. The van der Waals surface area contributed by atoms with Gasteiger partial charge in [0.05, 0.1) is 6.04 Å². The Morgan fingerprint density at radius 1 is 1.43 bits per heavy atom. The van der Waals surface area contributed by atoms with Crippen molar-refractivity contribution in [2.24, 2.45) is 5.84 Å². The maximum Gasteiger partial charge on any atom is 0.411 e. The van der Waals surface area contributed by atoms with E-state index in [2.05, 4.69) is 15.5 Å². The monoisotopic (exact) mass is 296 g/mol. The molecule has 2 atom stereocenters. The molecule has 1 aliphatic heterocycles. The number of ether oxygens (including phenoxy) is 1. The van der Waals surface area contributed by atoms with Gasteiger partial charge < -0.3 is 4.74 Å². The second-order valence-electron chi connectivity index (χ2n) is 5.92. The number of rotatable bonds is 2. The molecule has 0 aliphatic carbocycles. The average molecular weight is 296 g/mol. The van der Waals surface area contributed by atoms with E-state index in [1.807, 2.05) is 0 Å². The first-order valence-corrected chi connectivity index (χ1v) is 6.66. The quantitative estimate of drug-likeness (QED) is 0.444. The Morgan fingerprint density at radius 3 is 2.67 bits per heavy atom. The van der Waals surface area contributed by atoms with E-state index in [0.717, 1.165) is 0 Å². The van der Waals surface area contributed by atoms with E-state index in [9.17, 15) is 9.59 Å². The summed E-state index contributed by atoms with van der Waals surface area (Å²) in [6, 6.07) is -0.818. The van der Waals surface area contributed by atoms with Crippen molar-refractivity contribution in [3.05, 3.63) is 12.7 Å². The Morgan fingerprint density at radius 2 is 2.14 bits per heavy atom. The molecule has 2 amide bonds. The van der Waals surface area contributed by atoms with Crippen LogP contribution in [0.1, 0.15) is 33.2 Å². The second kappa shape index (κ2) is 5.68. The number of aromatic nitrogens is 3. The second-order valence-corrected chi connectivity index (χ2v) is 5.92. The van der Waals surface area contributed by atoms with Crippen molar-refractivity contribution in [2.45, 2.75) is 44.9 Å². The van der Waals surface area contributed by atoms with E-state index < -0.39 is 23.6 Å². The average Bonchev–Trinajstić information content (AvgIpc) is 3.04. The van der Waals surface area contributed by atoms with E-state index in [1.54, 1.807) is 31.8 Å². The molecule has 0 saturated carbocycles. The van der Waals surface area contributed by atoms with Crippen molar-refractivity contribution in [1.82, 2.24) is 25.1 Å². The zero-order valence-electron chi connectivity index (χ0n) is 12.3. The third kappa shape index (κ3) is 3.48. The first-order chi connectivity index (χ1) is 9.81. The number of nitrogens with one attached hydrogen (secondary N) is 1. The highest BCUT2D eigenvalue weighted by Gasteiger charge is 2.42. The van der Waals surface area contributed by atoms with Gasteiger partial charge in [0.25, 0.3) is 5.91 Å². The van der Waals surface area contributed by atoms with Gasteiger partial charge in [-0.15, -0.1) is 0 Å². The summed E-state index contributed by atoms with van der Waals surface area (Å²) in [5.41, 5.74) is 1.45. The van der Waals surface area contributed by atoms with E-state index in [1.165, 1.54) is 11.2 Å². The fraction of sp³-hybridized carbons (Fsp3) is 0.667. The van der Waals surface area contributed by atoms with Crippen molar-refractivity contribution < 1.29 is 14.3 Å². The van der Waals surface area contributed by atoms with Gasteiger partial charge in [0.2, 0.25) is 0 Å². The smallest absolute Gasteiger partial charge is 0.411 e. The number of nitrogens with two attached hydrogens (primary N) is 1. The molecule has 1 aliphatic rings. The van der Waals surface area contributed by atoms with Gasteiger partial charge in [0, 0.05) is 13.0 Å². The van der Waals surface area contributed by atoms with Crippen LogP contribution in [0.3, 0.4) is 0 Å². The maximum absolute atomic E-state index is 12.2. The van der Waals surface area contributed by atoms with Gasteiger partial charge in [-0.25, -0.2) is 20.3 Å². The lowest BCUT2D eigenvalue weighted by atomic mass is 10.1. The number of carbonyl (C=O) groups is 2. The zero-order valence-corrected chi connectivity index (χ0v) is 12.3. The van der Waals surface area contributed by atoms with Crippen LogP contribution in [0.4, 0.5) is 4.79 Å². The number of hydrogen-bond donors (Lipinski definition) is 2. The lowest BCUT2D eigenvalue weighted by Crippen LogP contribution is -2.49. The maximum atomic E-state index is 12.2. The molecule has 2 rings (SSSR count). The van der Waals surface area contributed by atoms with Crippen LogP contribution in [0.15, 0.2) is 12.7 Å². The van der Waals surface area contributed by atoms with E-state index in [0.29, 0.717) is 13.0 Å². The van der Waals surface area contributed by atoms with Gasteiger partial charge in [-0.1, -0.05) is 0 Å². The molecule has 1 aromatic heterocycles. The molecule has 0 radical (unpaired) electrons. The van der Waals surface area contributed by atoms with Crippen LogP contribution in [-0.2, 0) is 9.53 Å². The van der Waals surface area contributed by atoms with Crippen molar-refractivity contribution in [1.29, 1.82) is 0 Å². The molecule has 1 aromatic rings. The number of hydrogen-bond acceptors (Lipinski definition) is 6. The summed E-state index contributed by atoms with van der Waals surface area (Å²) < 4.78 is 6.96. The molecule has 2 heterocycles. The van der Waals surface area contributed by atoms with Gasteiger partial charge >= 0.3 is 6.09 Å². The van der Waals surface area contributed by atoms with Crippen molar-refractivity contribution >= 4 is 12.0 Å². The van der Waals surface area contributed by atoms with E-state index in [4.69, 9.17) is 10.6 Å². The van der Waals surface area contributed by atoms with Crippen LogP contribution in [0.2, 0.25) is 0 Å². The molecular formula is C12H20N6O3. The normalized spacial score (nSPS) is 22.2. The predicted molar refractivity (Wildman–Crippen MR) is 72.7 cm³/mol. The lowest BCUT2D eigenvalue weighted by molar-refractivity contribution is -0.125. The minimum Gasteiger partial charge on any atom is -0.444 e. The van der Waals surface area contributed by atoms with E-state index >= 15 is 0 Å². The molecule has 9 nitrogen and oxygen atoms in total. The van der Waals surface area contributed by atoms with Crippen LogP contribution in [-0.4, -0.2) is 49.9 Å². The van der Waals surface area contributed by atoms with Crippen molar-refractivity contribution in [3.63, 3.8) is 0 Å². The van der Waals surface area contributed by atoms with Crippen LogP contribution in [0, 0.1) is 0 Å². The summed E-state index contributed by atoms with van der Waals surface area (Å²) in [5, 5.41) is 4.05. The Balaban J connectivity index is 2.16. The fourth-order valence-corrected chi connectivity index (χ4v) is 2.28. The predicted octanol–water partition coefficient (Wildman–Crippen LogP) is -0.181. The molecule has 21 heavy (non-hydrogen) atoms. The summed E-state index contributed by atoms with van der Waals surface area (Å²) in [7, 11) is 0. The number of likely N-dealkylation sites (tertiary alicyclic amines) is 1. The zero-order chi connectivity index (χ0) is 15.6. The first kappa shape index (κ1) is 15.2. The first-order valence-electron chi connectivity index (χ1n) is 6.66. The van der Waals surface area contributed by atoms with Crippen LogP contribution in [0.5, 0.6) is 0 Å². The molecule has 3 N–H and O–H groups in total. The van der Waals surface area contributed by atoms with Crippen LogP contribution >= 0.6 is 0 Å². The summed E-state index contributed by atoms with van der Waals surface area (Å²) in [5.74, 6) is 4.77. The van der Waals surface area contributed by atoms with Gasteiger partial charge in [0.1, 0.15) is 24.3 Å². The highest BCUT2D eigenvalue weighted by Crippen LogP contribution is 2.28. The lowest BCUT2D eigenvalue weighted by Gasteiger charge is -2.27. The van der Waals surface area contributed by atoms with Crippen molar-refractivity contribution in [2.75, 3.05) is 6.54 Å². The molecule has 0 bridgehead atoms. The molecule has 1 fully saturated rings. The number of amides is 2. The Hall–Kier alpha value is -2.16. The largest absolute Gasteiger partial charge is 0.444 e. The summed E-state index contributed by atoms with van der Waals surface area (Å²) >= 11 is 0. The minimum atomic E-state index is -0.681. The SMILES string of the molecule is CC(C)(C)OC(=O)N1CC(n2cncn2)CC1C(=O)NN. The minimum absolute atomic E-state index is 0.137. The van der Waals surface area contributed by atoms with Gasteiger partial charge in [0.15, 0.2) is 0 Å².